The van der Waals surface area contributed by atoms with Crippen LogP contribution in [0.15, 0.2) is 42.7 Å². The molecule has 1 heterocycles. The lowest BCUT2D eigenvalue weighted by Gasteiger charge is -2.13. The van der Waals surface area contributed by atoms with Crippen LogP contribution in [-0.4, -0.2) is 47.4 Å². The Hall–Kier alpha value is -2.18. The topological polar surface area (TPSA) is 79.3 Å². The monoisotopic (exact) mass is 330 g/mol. The smallest absolute Gasteiger partial charge is 0.222 e. The summed E-state index contributed by atoms with van der Waals surface area (Å²) in [6.07, 6.45) is 5.27. The molecule has 1 aromatic heterocycles. The van der Waals surface area contributed by atoms with E-state index in [1.54, 1.807) is 0 Å². The first kappa shape index (κ1) is 18.2. The summed E-state index contributed by atoms with van der Waals surface area (Å²) >= 11 is 0. The Balaban J connectivity index is 1.54. The molecule has 6 heteroatoms. The molecule has 0 amide bonds. The summed E-state index contributed by atoms with van der Waals surface area (Å²) in [5, 5.41) is 16.2. The number of rotatable bonds is 11. The molecule has 0 saturated carbocycles. The van der Waals surface area contributed by atoms with Gasteiger partial charge in [-0.25, -0.2) is 9.97 Å². The highest BCUT2D eigenvalue weighted by molar-refractivity contribution is 5.24. The number of nitrogens with zero attached hydrogens (tertiary/aromatic N) is 2. The summed E-state index contributed by atoms with van der Waals surface area (Å²) in [5.41, 5.74) is 1.16. The van der Waals surface area contributed by atoms with E-state index >= 15 is 0 Å². The molecule has 0 aliphatic heterocycles. The van der Waals surface area contributed by atoms with Crippen molar-refractivity contribution in [1.29, 1.82) is 0 Å². The molecule has 1 atom stereocenters. The molecule has 1 aromatic carbocycles. The third kappa shape index (κ3) is 6.93. The van der Waals surface area contributed by atoms with Crippen LogP contribution in [0.1, 0.15) is 18.9 Å². The van der Waals surface area contributed by atoms with E-state index in [2.05, 4.69) is 27.5 Å². The number of aliphatic hydroxyl groups is 1. The molecule has 24 heavy (non-hydrogen) atoms. The average molecular weight is 330 g/mol. The lowest BCUT2D eigenvalue weighted by molar-refractivity contribution is 0.107. The van der Waals surface area contributed by atoms with Crippen molar-refractivity contribution in [2.75, 3.05) is 31.6 Å². The van der Waals surface area contributed by atoms with Crippen molar-refractivity contribution in [2.24, 2.45) is 0 Å². The largest absolute Gasteiger partial charge is 0.491 e. The second-order valence-electron chi connectivity index (χ2n) is 5.57. The second-order valence-corrected chi connectivity index (χ2v) is 5.57. The van der Waals surface area contributed by atoms with Gasteiger partial charge in [-0.15, -0.1) is 0 Å². The van der Waals surface area contributed by atoms with Crippen LogP contribution in [0.25, 0.3) is 0 Å². The maximum atomic E-state index is 9.88. The molecule has 3 N–H and O–H groups in total. The van der Waals surface area contributed by atoms with Gasteiger partial charge in [0.05, 0.1) is 0 Å². The fourth-order valence-electron chi connectivity index (χ4n) is 2.16. The quantitative estimate of drug-likeness (QED) is 0.546. The highest BCUT2D eigenvalue weighted by Gasteiger charge is 2.04. The minimum absolute atomic E-state index is 0.270. The number of aryl methyl sites for hydroxylation is 1. The molecule has 0 aliphatic rings. The van der Waals surface area contributed by atoms with Crippen LogP contribution in [-0.2, 0) is 6.42 Å². The van der Waals surface area contributed by atoms with Crippen LogP contribution < -0.4 is 15.4 Å². The maximum absolute atomic E-state index is 9.88. The lowest BCUT2D eigenvalue weighted by Crippen LogP contribution is -2.34. The van der Waals surface area contributed by atoms with Gasteiger partial charge >= 0.3 is 0 Å². The highest BCUT2D eigenvalue weighted by atomic mass is 16.5. The van der Waals surface area contributed by atoms with Crippen molar-refractivity contribution in [3.05, 3.63) is 48.3 Å². The van der Waals surface area contributed by atoms with Crippen LogP contribution >= 0.6 is 0 Å². The fourth-order valence-corrected chi connectivity index (χ4v) is 2.16. The molecular weight excluding hydrogens is 304 g/mol. The molecule has 0 bridgehead atoms. The molecule has 0 saturated heterocycles. The van der Waals surface area contributed by atoms with E-state index in [1.165, 1.54) is 0 Å². The molecular formula is C18H26N4O2. The van der Waals surface area contributed by atoms with E-state index in [0.29, 0.717) is 25.6 Å². The summed E-state index contributed by atoms with van der Waals surface area (Å²) in [6, 6.07) is 9.48. The summed E-state index contributed by atoms with van der Waals surface area (Å²) in [5.74, 6) is 1.39. The first-order chi connectivity index (χ1) is 11.8. The van der Waals surface area contributed by atoms with Gasteiger partial charge in [0.1, 0.15) is 18.5 Å². The predicted molar refractivity (Wildman–Crippen MR) is 95.3 cm³/mol. The molecule has 0 radical (unpaired) electrons. The molecule has 1 unspecified atom stereocenters. The van der Waals surface area contributed by atoms with Crippen molar-refractivity contribution in [3.63, 3.8) is 0 Å². The van der Waals surface area contributed by atoms with Gasteiger partial charge in [0, 0.05) is 32.0 Å². The second kappa shape index (κ2) is 10.6. The third-order valence-corrected chi connectivity index (χ3v) is 3.39. The molecule has 130 valence electrons. The molecule has 2 rings (SSSR count). The molecule has 0 spiro atoms. The van der Waals surface area contributed by atoms with Gasteiger partial charge in [0.25, 0.3) is 0 Å². The van der Waals surface area contributed by atoms with Crippen molar-refractivity contribution in [3.8, 4) is 5.75 Å². The Morgan fingerprint density at radius 3 is 2.58 bits per heavy atom. The predicted octanol–water partition coefficient (Wildman–Crippen LogP) is 1.87. The van der Waals surface area contributed by atoms with E-state index in [0.717, 1.165) is 24.2 Å². The molecule has 0 aliphatic carbocycles. The van der Waals surface area contributed by atoms with Crippen molar-refractivity contribution >= 4 is 5.95 Å². The normalized spacial score (nSPS) is 11.9. The Kier molecular flexibility index (Phi) is 8.00. The van der Waals surface area contributed by atoms with Crippen molar-refractivity contribution < 1.29 is 9.84 Å². The SMILES string of the molecule is CCCc1cnc(NCCNCC(O)COc2ccccc2)nc1. The van der Waals surface area contributed by atoms with E-state index < -0.39 is 6.10 Å². The van der Waals surface area contributed by atoms with Crippen LogP contribution in [0.2, 0.25) is 0 Å². The Morgan fingerprint density at radius 2 is 1.88 bits per heavy atom. The van der Waals surface area contributed by atoms with Crippen LogP contribution in [0.3, 0.4) is 0 Å². The van der Waals surface area contributed by atoms with Crippen LogP contribution in [0.5, 0.6) is 5.75 Å². The summed E-state index contributed by atoms with van der Waals surface area (Å²) in [4.78, 5) is 8.55. The summed E-state index contributed by atoms with van der Waals surface area (Å²) < 4.78 is 5.50. The van der Waals surface area contributed by atoms with Gasteiger partial charge in [0.15, 0.2) is 0 Å². The van der Waals surface area contributed by atoms with E-state index in [-0.39, 0.29) is 6.61 Å². The summed E-state index contributed by atoms with van der Waals surface area (Å²) in [6.45, 7) is 4.29. The van der Waals surface area contributed by atoms with Gasteiger partial charge in [0.2, 0.25) is 5.95 Å². The van der Waals surface area contributed by atoms with Crippen molar-refractivity contribution in [2.45, 2.75) is 25.9 Å². The van der Waals surface area contributed by atoms with Gasteiger partial charge in [-0.2, -0.15) is 0 Å². The number of nitrogens with one attached hydrogen (secondary N) is 2. The van der Waals surface area contributed by atoms with E-state index in [4.69, 9.17) is 4.74 Å². The number of hydrogen-bond donors (Lipinski definition) is 3. The summed E-state index contributed by atoms with van der Waals surface area (Å²) in [7, 11) is 0. The Bertz CT molecular complexity index is 563. The zero-order valence-electron chi connectivity index (χ0n) is 14.1. The number of hydrogen-bond acceptors (Lipinski definition) is 6. The van der Waals surface area contributed by atoms with Gasteiger partial charge < -0.3 is 20.5 Å². The first-order valence-corrected chi connectivity index (χ1v) is 8.39. The zero-order valence-corrected chi connectivity index (χ0v) is 14.1. The van der Waals surface area contributed by atoms with E-state index in [1.807, 2.05) is 42.7 Å². The number of aromatic nitrogens is 2. The lowest BCUT2D eigenvalue weighted by atomic mass is 10.2. The Morgan fingerprint density at radius 1 is 1.12 bits per heavy atom. The van der Waals surface area contributed by atoms with Crippen LogP contribution in [0, 0.1) is 0 Å². The molecule has 0 fully saturated rings. The number of ether oxygens (including phenoxy) is 1. The van der Waals surface area contributed by atoms with Gasteiger partial charge in [-0.3, -0.25) is 0 Å². The van der Waals surface area contributed by atoms with Crippen molar-refractivity contribution in [1.82, 2.24) is 15.3 Å². The minimum atomic E-state index is -0.546. The standard InChI is InChI=1S/C18H26N4O2/c1-2-6-15-11-21-18(22-12-15)20-10-9-19-13-16(23)14-24-17-7-4-3-5-8-17/h3-5,7-8,11-12,16,19,23H,2,6,9-10,13-14H2,1H3,(H,20,21,22). The fraction of sp³-hybridized carbons (Fsp3) is 0.444. The molecule has 2 aromatic rings. The molecule has 6 nitrogen and oxygen atoms in total. The number of anilines is 1. The number of aliphatic hydroxyl groups excluding tert-OH is 1. The van der Waals surface area contributed by atoms with E-state index in [9.17, 15) is 5.11 Å². The van der Waals surface area contributed by atoms with Gasteiger partial charge in [-0.05, 0) is 24.1 Å². The first-order valence-electron chi connectivity index (χ1n) is 8.39. The van der Waals surface area contributed by atoms with Crippen LogP contribution in [0.4, 0.5) is 5.95 Å². The third-order valence-electron chi connectivity index (χ3n) is 3.39. The number of para-hydroxylation sites is 1. The zero-order chi connectivity index (χ0) is 17.0. The van der Waals surface area contributed by atoms with Gasteiger partial charge in [-0.1, -0.05) is 31.5 Å². The maximum Gasteiger partial charge on any atom is 0.222 e. The highest BCUT2D eigenvalue weighted by Crippen LogP contribution is 2.08. The number of benzene rings is 1. The Labute approximate surface area is 143 Å². The minimum Gasteiger partial charge on any atom is -0.491 e. The average Bonchev–Trinajstić information content (AvgIpc) is 2.62.